The number of benzene rings is 1. The fourth-order valence-corrected chi connectivity index (χ4v) is 2.65. The zero-order valence-corrected chi connectivity index (χ0v) is 15.2. The summed E-state index contributed by atoms with van der Waals surface area (Å²) in [5.41, 5.74) is -0.213. The van der Waals surface area contributed by atoms with Crippen molar-refractivity contribution in [3.63, 3.8) is 0 Å². The first-order valence-electron chi connectivity index (χ1n) is 8.38. The molecule has 1 fully saturated rings. The summed E-state index contributed by atoms with van der Waals surface area (Å²) >= 11 is 0. The summed E-state index contributed by atoms with van der Waals surface area (Å²) in [7, 11) is -0.134. The number of nitrogens with zero attached hydrogens (tertiary/aromatic N) is 1. The second-order valence-electron chi connectivity index (χ2n) is 7.06. The third-order valence-electron chi connectivity index (χ3n) is 3.88. The van der Waals surface area contributed by atoms with Crippen LogP contribution in [0.15, 0.2) is 18.2 Å². The van der Waals surface area contributed by atoms with Crippen LogP contribution in [0.1, 0.15) is 33.6 Å². The van der Waals surface area contributed by atoms with E-state index in [9.17, 15) is 14.8 Å². The van der Waals surface area contributed by atoms with Gasteiger partial charge in [-0.05, 0) is 26.8 Å². The molecule has 138 valence electrons. The van der Waals surface area contributed by atoms with Gasteiger partial charge in [0, 0.05) is 37.5 Å². The Balaban J connectivity index is 1.91. The van der Waals surface area contributed by atoms with Crippen molar-refractivity contribution < 1.29 is 29.1 Å². The number of hydrogen-bond donors (Lipinski definition) is 2. The van der Waals surface area contributed by atoms with Crippen LogP contribution in [0.3, 0.4) is 0 Å². The highest BCUT2D eigenvalue weighted by molar-refractivity contribution is 6.59. The Kier molecular flexibility index (Phi) is 6.18. The summed E-state index contributed by atoms with van der Waals surface area (Å²) in [4.78, 5) is 13.8. The molecule has 0 spiro atoms. The Morgan fingerprint density at radius 1 is 1.24 bits per heavy atom. The van der Waals surface area contributed by atoms with E-state index in [1.807, 2.05) is 20.8 Å². The summed E-state index contributed by atoms with van der Waals surface area (Å²) in [5, 5.41) is 18.6. The van der Waals surface area contributed by atoms with Crippen LogP contribution >= 0.6 is 0 Å². The smallest absolute Gasteiger partial charge is 0.492 e. The summed E-state index contributed by atoms with van der Waals surface area (Å²) in [6.45, 7) is 6.69. The van der Waals surface area contributed by atoms with Gasteiger partial charge in [0.1, 0.15) is 23.2 Å². The van der Waals surface area contributed by atoms with Crippen LogP contribution < -0.4 is 14.9 Å². The Hall–Kier alpha value is -1.93. The Bertz CT molecular complexity index is 593. The van der Waals surface area contributed by atoms with Gasteiger partial charge >= 0.3 is 13.2 Å². The van der Waals surface area contributed by atoms with E-state index in [2.05, 4.69) is 0 Å². The lowest BCUT2D eigenvalue weighted by atomic mass is 9.79. The number of amides is 1. The first-order valence-corrected chi connectivity index (χ1v) is 8.38. The molecular formula is C17H26BNO6. The van der Waals surface area contributed by atoms with Crippen LogP contribution in [-0.4, -0.2) is 60.1 Å². The lowest BCUT2D eigenvalue weighted by Gasteiger charge is -2.33. The van der Waals surface area contributed by atoms with Gasteiger partial charge in [-0.25, -0.2) is 4.79 Å². The molecule has 0 bridgehead atoms. The number of hydrogen-bond acceptors (Lipinski definition) is 6. The van der Waals surface area contributed by atoms with Crippen LogP contribution in [0.5, 0.6) is 11.5 Å². The maximum atomic E-state index is 12.1. The largest absolute Gasteiger partial charge is 0.497 e. The predicted octanol–water partition coefficient (Wildman–Crippen LogP) is 1.15. The van der Waals surface area contributed by atoms with Gasteiger partial charge in [-0.1, -0.05) is 6.07 Å². The minimum absolute atomic E-state index is 0.0201. The highest BCUT2D eigenvalue weighted by Gasteiger charge is 2.28. The van der Waals surface area contributed by atoms with Crippen molar-refractivity contribution in [1.82, 2.24) is 4.90 Å². The van der Waals surface area contributed by atoms with Crippen LogP contribution in [0.2, 0.25) is 0 Å². The molecule has 0 radical (unpaired) electrons. The zero-order valence-electron chi connectivity index (χ0n) is 15.2. The Labute approximate surface area is 148 Å². The molecule has 1 heterocycles. The second-order valence-corrected chi connectivity index (χ2v) is 7.06. The van der Waals surface area contributed by atoms with Crippen molar-refractivity contribution in [2.24, 2.45) is 0 Å². The van der Waals surface area contributed by atoms with Crippen molar-refractivity contribution in [2.75, 3.05) is 20.2 Å². The third kappa shape index (κ3) is 5.54. The van der Waals surface area contributed by atoms with Crippen molar-refractivity contribution in [3.05, 3.63) is 18.2 Å². The third-order valence-corrected chi connectivity index (χ3v) is 3.88. The molecule has 0 unspecified atom stereocenters. The van der Waals surface area contributed by atoms with Crippen molar-refractivity contribution >= 4 is 18.7 Å². The van der Waals surface area contributed by atoms with Crippen molar-refractivity contribution in [3.8, 4) is 11.5 Å². The molecule has 1 aromatic carbocycles. The van der Waals surface area contributed by atoms with E-state index >= 15 is 0 Å². The number of rotatable bonds is 4. The monoisotopic (exact) mass is 351 g/mol. The number of likely N-dealkylation sites (tertiary alicyclic amines) is 1. The number of carbonyl (C=O) groups excluding carboxylic acids is 1. The van der Waals surface area contributed by atoms with Crippen molar-refractivity contribution in [1.29, 1.82) is 0 Å². The molecule has 0 atom stereocenters. The van der Waals surface area contributed by atoms with E-state index in [1.54, 1.807) is 23.1 Å². The van der Waals surface area contributed by atoms with Gasteiger partial charge < -0.3 is 29.2 Å². The molecule has 0 aliphatic carbocycles. The summed E-state index contributed by atoms with van der Waals surface area (Å²) in [5.74, 6) is 0.954. The molecule has 2 rings (SSSR count). The van der Waals surface area contributed by atoms with E-state index in [-0.39, 0.29) is 17.7 Å². The quantitative estimate of drug-likeness (QED) is 0.792. The van der Waals surface area contributed by atoms with E-state index in [0.29, 0.717) is 37.4 Å². The number of methoxy groups -OCH3 is 1. The predicted molar refractivity (Wildman–Crippen MR) is 94.3 cm³/mol. The standard InChI is InChI=1S/C17H26BNO6/c1-17(2,3)25-16(20)19-9-7-12(8-10-19)24-13-5-6-14(18(21)22)15(11-13)23-4/h5-6,11-12,21-22H,7-10H2,1-4H3. The first-order chi connectivity index (χ1) is 11.7. The Morgan fingerprint density at radius 3 is 2.40 bits per heavy atom. The summed E-state index contributed by atoms with van der Waals surface area (Å²) in [6, 6.07) is 4.88. The normalized spacial score (nSPS) is 15.7. The van der Waals surface area contributed by atoms with E-state index in [0.717, 1.165) is 0 Å². The molecule has 0 aromatic heterocycles. The number of ether oxygens (including phenoxy) is 3. The molecule has 8 heteroatoms. The van der Waals surface area contributed by atoms with Crippen LogP contribution in [-0.2, 0) is 4.74 Å². The lowest BCUT2D eigenvalue weighted by Crippen LogP contribution is -2.44. The van der Waals surface area contributed by atoms with Gasteiger partial charge in [0.05, 0.1) is 7.11 Å². The molecule has 25 heavy (non-hydrogen) atoms. The maximum absolute atomic E-state index is 12.1. The zero-order chi connectivity index (χ0) is 18.6. The van der Waals surface area contributed by atoms with Gasteiger partial charge in [-0.3, -0.25) is 0 Å². The molecule has 1 saturated heterocycles. The van der Waals surface area contributed by atoms with Crippen molar-refractivity contribution in [2.45, 2.75) is 45.3 Å². The van der Waals surface area contributed by atoms with Crippen LogP contribution in [0.25, 0.3) is 0 Å². The maximum Gasteiger partial charge on any atom is 0.492 e. The fourth-order valence-electron chi connectivity index (χ4n) is 2.65. The average molecular weight is 351 g/mol. The Morgan fingerprint density at radius 2 is 1.88 bits per heavy atom. The molecular weight excluding hydrogens is 325 g/mol. The van der Waals surface area contributed by atoms with Crippen LogP contribution in [0.4, 0.5) is 4.79 Å². The van der Waals surface area contributed by atoms with Gasteiger partial charge in [0.2, 0.25) is 0 Å². The van der Waals surface area contributed by atoms with Gasteiger partial charge in [-0.2, -0.15) is 0 Å². The highest BCUT2D eigenvalue weighted by Crippen LogP contribution is 2.23. The molecule has 0 saturated carbocycles. The molecule has 1 aliphatic heterocycles. The number of carbonyl (C=O) groups is 1. The fraction of sp³-hybridized carbons (Fsp3) is 0.588. The van der Waals surface area contributed by atoms with E-state index < -0.39 is 12.7 Å². The van der Waals surface area contributed by atoms with E-state index in [4.69, 9.17) is 14.2 Å². The summed E-state index contributed by atoms with van der Waals surface area (Å²) < 4.78 is 16.5. The van der Waals surface area contributed by atoms with Crippen LogP contribution in [0, 0.1) is 0 Å². The van der Waals surface area contributed by atoms with Gasteiger partial charge in [0.15, 0.2) is 0 Å². The van der Waals surface area contributed by atoms with E-state index in [1.165, 1.54) is 7.11 Å². The molecule has 7 nitrogen and oxygen atoms in total. The molecule has 2 N–H and O–H groups in total. The minimum Gasteiger partial charge on any atom is -0.497 e. The number of piperidine rings is 1. The second kappa shape index (κ2) is 7.97. The topological polar surface area (TPSA) is 88.5 Å². The highest BCUT2D eigenvalue weighted by atomic mass is 16.6. The minimum atomic E-state index is -1.60. The molecule has 1 aliphatic rings. The first kappa shape index (κ1) is 19.4. The molecule has 1 aromatic rings. The average Bonchev–Trinajstić information content (AvgIpc) is 2.53. The SMILES string of the molecule is COc1cc(OC2CCN(C(=O)OC(C)(C)C)CC2)ccc1B(O)O. The van der Waals surface area contributed by atoms with Gasteiger partial charge in [0.25, 0.3) is 0 Å². The van der Waals surface area contributed by atoms with Gasteiger partial charge in [-0.15, -0.1) is 0 Å². The summed E-state index contributed by atoms with van der Waals surface area (Å²) in [6.07, 6.45) is 1.08. The lowest BCUT2D eigenvalue weighted by molar-refractivity contribution is 0.0126. The molecule has 1 amide bonds.